The van der Waals surface area contributed by atoms with E-state index in [1.54, 1.807) is 17.9 Å². The van der Waals surface area contributed by atoms with Crippen LogP contribution in [-0.2, 0) is 22.4 Å². The second-order valence-electron chi connectivity index (χ2n) is 7.19. The molecule has 1 aliphatic heterocycles. The van der Waals surface area contributed by atoms with E-state index in [9.17, 15) is 14.4 Å². The first-order valence-electron chi connectivity index (χ1n) is 9.74. The lowest BCUT2D eigenvalue weighted by molar-refractivity contribution is -0.142. The fourth-order valence-electron chi connectivity index (χ4n) is 3.48. The van der Waals surface area contributed by atoms with Crippen LogP contribution in [-0.4, -0.2) is 61.5 Å². The number of amides is 1. The zero-order valence-electron chi connectivity index (χ0n) is 16.8. The number of rotatable bonds is 6. The molecule has 1 aromatic carbocycles. The number of carbonyl (C=O) groups excluding carboxylic acids is 2. The number of piperazine rings is 1. The molecule has 0 spiro atoms. The van der Waals surface area contributed by atoms with Gasteiger partial charge in [0, 0.05) is 32.6 Å². The number of methoxy groups -OCH3 is 1. The van der Waals surface area contributed by atoms with Gasteiger partial charge in [-0.25, -0.2) is 4.79 Å². The van der Waals surface area contributed by atoms with Crippen LogP contribution in [0, 0.1) is 6.92 Å². The Morgan fingerprint density at radius 2 is 1.76 bits per heavy atom. The van der Waals surface area contributed by atoms with E-state index in [-0.39, 0.29) is 24.0 Å². The standard InChI is InChI=1S/C22H26N2O5/c1-16-14-18(9-8-17-6-4-3-5-7-17)29-22(27)20(16)21(26)24-12-10-23(11-13-24)15-19(25)28-2/h3-7,14H,8-13,15H2,1-2H3. The van der Waals surface area contributed by atoms with Gasteiger partial charge in [0.2, 0.25) is 0 Å². The molecular weight excluding hydrogens is 372 g/mol. The molecule has 0 bridgehead atoms. The Balaban J connectivity index is 1.64. The number of hydrogen-bond acceptors (Lipinski definition) is 6. The molecule has 0 unspecified atom stereocenters. The maximum Gasteiger partial charge on any atom is 0.349 e. The fourth-order valence-corrected chi connectivity index (χ4v) is 3.48. The summed E-state index contributed by atoms with van der Waals surface area (Å²) in [4.78, 5) is 40.3. The van der Waals surface area contributed by atoms with Crippen molar-refractivity contribution in [2.75, 3.05) is 39.8 Å². The Hall–Kier alpha value is -2.93. The van der Waals surface area contributed by atoms with Gasteiger partial charge in [-0.1, -0.05) is 30.3 Å². The number of carbonyl (C=O) groups is 2. The third-order valence-electron chi connectivity index (χ3n) is 5.16. The van der Waals surface area contributed by atoms with Crippen molar-refractivity contribution in [2.45, 2.75) is 19.8 Å². The van der Waals surface area contributed by atoms with Gasteiger partial charge < -0.3 is 14.1 Å². The van der Waals surface area contributed by atoms with Crippen molar-refractivity contribution in [3.63, 3.8) is 0 Å². The van der Waals surface area contributed by atoms with E-state index >= 15 is 0 Å². The summed E-state index contributed by atoms with van der Waals surface area (Å²) in [7, 11) is 1.35. The summed E-state index contributed by atoms with van der Waals surface area (Å²) in [5.41, 5.74) is 1.30. The van der Waals surface area contributed by atoms with Crippen molar-refractivity contribution < 1.29 is 18.7 Å². The van der Waals surface area contributed by atoms with Crippen molar-refractivity contribution in [1.29, 1.82) is 0 Å². The second kappa shape index (κ2) is 9.52. The van der Waals surface area contributed by atoms with E-state index in [0.717, 1.165) is 12.0 Å². The van der Waals surface area contributed by atoms with Crippen LogP contribution in [0.2, 0.25) is 0 Å². The largest absolute Gasteiger partial charge is 0.468 e. The SMILES string of the molecule is COC(=O)CN1CCN(C(=O)c2c(C)cc(CCc3ccccc3)oc2=O)CC1. The lowest BCUT2D eigenvalue weighted by Crippen LogP contribution is -2.50. The first-order chi connectivity index (χ1) is 14.0. The van der Waals surface area contributed by atoms with Gasteiger partial charge in [-0.2, -0.15) is 0 Å². The minimum Gasteiger partial charge on any atom is -0.468 e. The van der Waals surface area contributed by atoms with Gasteiger partial charge >= 0.3 is 11.6 Å². The first-order valence-corrected chi connectivity index (χ1v) is 9.74. The van der Waals surface area contributed by atoms with E-state index in [0.29, 0.717) is 43.9 Å². The highest BCUT2D eigenvalue weighted by Crippen LogP contribution is 2.14. The number of benzene rings is 1. The molecule has 1 fully saturated rings. The molecule has 154 valence electrons. The van der Waals surface area contributed by atoms with Crippen molar-refractivity contribution in [3.8, 4) is 0 Å². The van der Waals surface area contributed by atoms with Crippen LogP contribution in [0.1, 0.15) is 27.2 Å². The third kappa shape index (κ3) is 5.32. The van der Waals surface area contributed by atoms with E-state index in [1.807, 2.05) is 35.2 Å². The van der Waals surface area contributed by atoms with Crippen molar-refractivity contribution in [3.05, 3.63) is 69.3 Å². The molecule has 1 saturated heterocycles. The predicted molar refractivity (Wildman–Crippen MR) is 108 cm³/mol. The summed E-state index contributed by atoms with van der Waals surface area (Å²) < 4.78 is 10.1. The van der Waals surface area contributed by atoms with Gasteiger partial charge in [-0.05, 0) is 30.5 Å². The van der Waals surface area contributed by atoms with Gasteiger partial charge in [-0.3, -0.25) is 14.5 Å². The summed E-state index contributed by atoms with van der Waals surface area (Å²) in [5, 5.41) is 0. The molecule has 2 heterocycles. The minimum absolute atomic E-state index is 0.0925. The number of ether oxygens (including phenoxy) is 1. The number of esters is 1. The average molecular weight is 398 g/mol. The molecule has 1 aromatic heterocycles. The zero-order valence-corrected chi connectivity index (χ0v) is 16.8. The molecule has 0 saturated carbocycles. The van der Waals surface area contributed by atoms with E-state index in [2.05, 4.69) is 4.74 Å². The lowest BCUT2D eigenvalue weighted by atomic mass is 10.1. The number of aryl methyl sites for hydroxylation is 3. The quantitative estimate of drug-likeness (QED) is 0.689. The molecule has 29 heavy (non-hydrogen) atoms. The highest BCUT2D eigenvalue weighted by molar-refractivity contribution is 5.95. The molecular formula is C22H26N2O5. The van der Waals surface area contributed by atoms with E-state index in [4.69, 9.17) is 4.42 Å². The molecule has 2 aromatic rings. The smallest absolute Gasteiger partial charge is 0.349 e. The van der Waals surface area contributed by atoms with Crippen LogP contribution >= 0.6 is 0 Å². The van der Waals surface area contributed by atoms with Crippen LogP contribution in [0.15, 0.2) is 45.6 Å². The summed E-state index contributed by atoms with van der Waals surface area (Å²) in [6.45, 7) is 3.98. The Bertz CT molecular complexity index is 915. The Morgan fingerprint density at radius 1 is 1.07 bits per heavy atom. The molecule has 0 aliphatic carbocycles. The van der Waals surface area contributed by atoms with Gasteiger partial charge in [-0.15, -0.1) is 0 Å². The molecule has 1 amide bonds. The highest BCUT2D eigenvalue weighted by Gasteiger charge is 2.27. The first kappa shape index (κ1) is 20.8. The number of nitrogens with zero attached hydrogens (tertiary/aromatic N) is 2. The van der Waals surface area contributed by atoms with Crippen molar-refractivity contribution >= 4 is 11.9 Å². The normalized spacial score (nSPS) is 14.6. The minimum atomic E-state index is -0.588. The molecule has 3 rings (SSSR count). The van der Waals surface area contributed by atoms with E-state index < -0.39 is 5.63 Å². The van der Waals surface area contributed by atoms with Crippen molar-refractivity contribution in [1.82, 2.24) is 9.80 Å². The zero-order chi connectivity index (χ0) is 20.8. The molecule has 0 radical (unpaired) electrons. The van der Waals surface area contributed by atoms with Gasteiger partial charge in [0.1, 0.15) is 11.3 Å². The Labute approximate surface area is 169 Å². The molecule has 0 atom stereocenters. The molecule has 7 nitrogen and oxygen atoms in total. The van der Waals surface area contributed by atoms with E-state index in [1.165, 1.54) is 7.11 Å². The molecule has 1 aliphatic rings. The highest BCUT2D eigenvalue weighted by atomic mass is 16.5. The topological polar surface area (TPSA) is 80.1 Å². The van der Waals surface area contributed by atoms with Gasteiger partial charge in [0.05, 0.1) is 13.7 Å². The summed E-state index contributed by atoms with van der Waals surface area (Å²) in [5.74, 6) is -0.0354. The number of hydrogen-bond donors (Lipinski definition) is 0. The summed E-state index contributed by atoms with van der Waals surface area (Å²) >= 11 is 0. The summed E-state index contributed by atoms with van der Waals surface area (Å²) in [6.07, 6.45) is 1.36. The van der Waals surface area contributed by atoms with Crippen LogP contribution in [0.3, 0.4) is 0 Å². The third-order valence-corrected chi connectivity index (χ3v) is 5.16. The van der Waals surface area contributed by atoms with Crippen LogP contribution in [0.5, 0.6) is 0 Å². The van der Waals surface area contributed by atoms with Crippen LogP contribution in [0.25, 0.3) is 0 Å². The van der Waals surface area contributed by atoms with Crippen LogP contribution in [0.4, 0.5) is 0 Å². The second-order valence-corrected chi connectivity index (χ2v) is 7.19. The maximum absolute atomic E-state index is 12.9. The summed E-state index contributed by atoms with van der Waals surface area (Å²) in [6, 6.07) is 11.8. The fraction of sp³-hybridized carbons (Fsp3) is 0.409. The predicted octanol–water partition coefficient (Wildman–Crippen LogP) is 1.66. The Kier molecular flexibility index (Phi) is 6.82. The van der Waals surface area contributed by atoms with Crippen molar-refractivity contribution in [2.24, 2.45) is 0 Å². The van der Waals surface area contributed by atoms with Gasteiger partial charge in [0.15, 0.2) is 0 Å². The Morgan fingerprint density at radius 3 is 2.38 bits per heavy atom. The molecule has 0 N–H and O–H groups in total. The molecule has 7 heteroatoms. The van der Waals surface area contributed by atoms with Gasteiger partial charge in [0.25, 0.3) is 5.91 Å². The monoisotopic (exact) mass is 398 g/mol. The average Bonchev–Trinajstić information content (AvgIpc) is 2.73. The van der Waals surface area contributed by atoms with Crippen LogP contribution < -0.4 is 5.63 Å². The lowest BCUT2D eigenvalue weighted by Gasteiger charge is -2.34. The maximum atomic E-state index is 12.9.